The molecule has 0 bridgehead atoms. The Hall–Kier alpha value is -2.61. The molecule has 0 heterocycles. The Morgan fingerprint density at radius 3 is 0.746 bits per heavy atom. The van der Waals surface area contributed by atoms with E-state index in [1.165, 1.54) is 281 Å². The Kier molecular flexibility index (Phi) is 51.6. The summed E-state index contributed by atoms with van der Waals surface area (Å²) in [4.78, 5) is 9.57. The van der Waals surface area contributed by atoms with Crippen LogP contribution in [0.1, 0.15) is 320 Å². The number of hydrogen-bond acceptors (Lipinski definition) is 2. The molecule has 2 aromatic rings. The van der Waals surface area contributed by atoms with Gasteiger partial charge in [-0.1, -0.05) is 307 Å². The molecule has 0 aromatic heterocycles. The summed E-state index contributed by atoms with van der Waals surface area (Å²) in [7, 11) is 0. The Bertz CT molecular complexity index is 1480. The van der Waals surface area contributed by atoms with E-state index < -0.39 is 0 Å². The van der Waals surface area contributed by atoms with Gasteiger partial charge in [0.25, 0.3) is 0 Å². The van der Waals surface area contributed by atoms with E-state index in [4.69, 9.17) is 9.98 Å². The molecule has 404 valence electrons. The Morgan fingerprint density at radius 1 is 0.282 bits per heavy atom. The van der Waals surface area contributed by atoms with Crippen molar-refractivity contribution in [1.82, 2.24) is 0 Å². The van der Waals surface area contributed by atoms with Crippen molar-refractivity contribution in [2.75, 3.05) is 0 Å². The standard InChI is InChI=1S/C68H112N2.Ni/c1-3-5-7-9-11-13-15-17-19-21-23-25-27-29-31-33-35-37-39-41-43-45-47-49-51-57-65-59-53-55-61-67(65)69-63-64-70-68-62-56-54-60-66(68)58-52-50-48-46-44-42-40-38-36-34-32-30-28-26-24-22-20-18-16-14-12-10-8-6-4-2;/h53-56,59-64H,3-46,51-52,57-58H2,1-2H3;. The molecule has 0 radical (unpaired) electrons. The third-order valence-electron chi connectivity index (χ3n) is 14.6. The molecule has 0 aliphatic rings. The molecule has 0 unspecified atom stereocenters. The fourth-order valence-electron chi connectivity index (χ4n) is 9.96. The van der Waals surface area contributed by atoms with E-state index in [0.717, 1.165) is 49.9 Å². The van der Waals surface area contributed by atoms with Crippen LogP contribution in [-0.2, 0) is 29.3 Å². The quantitative estimate of drug-likeness (QED) is 0.0273. The van der Waals surface area contributed by atoms with E-state index in [0.29, 0.717) is 0 Å². The summed E-state index contributed by atoms with van der Waals surface area (Å²) in [5.74, 6) is 13.8. The first-order chi connectivity index (χ1) is 34.8. The second-order valence-corrected chi connectivity index (χ2v) is 21.2. The van der Waals surface area contributed by atoms with Crippen molar-refractivity contribution in [3.05, 3.63) is 59.7 Å². The summed E-state index contributed by atoms with van der Waals surface area (Å²) in [6, 6.07) is 16.9. The van der Waals surface area contributed by atoms with Crippen molar-refractivity contribution in [3.63, 3.8) is 0 Å². The number of benzene rings is 2. The average Bonchev–Trinajstić information content (AvgIpc) is 3.38. The van der Waals surface area contributed by atoms with Crippen LogP contribution in [0.15, 0.2) is 58.5 Å². The molecule has 0 aliphatic carbocycles. The number of aryl methyl sites for hydroxylation is 2. The van der Waals surface area contributed by atoms with Gasteiger partial charge >= 0.3 is 0 Å². The first kappa shape index (κ1) is 66.4. The van der Waals surface area contributed by atoms with Gasteiger partial charge in [-0.05, 0) is 48.9 Å². The molecular formula is C68H112N2Ni. The van der Waals surface area contributed by atoms with Crippen LogP contribution in [0.25, 0.3) is 0 Å². The van der Waals surface area contributed by atoms with Crippen molar-refractivity contribution in [3.8, 4) is 23.7 Å². The van der Waals surface area contributed by atoms with E-state index in [9.17, 15) is 0 Å². The van der Waals surface area contributed by atoms with E-state index in [1.807, 2.05) is 12.4 Å². The smallest absolute Gasteiger partial charge is 0.0662 e. The number of aliphatic imine (C=N–C) groups is 2. The number of hydrogen-bond donors (Lipinski definition) is 0. The third kappa shape index (κ3) is 44.6. The van der Waals surface area contributed by atoms with Crippen LogP contribution in [0.3, 0.4) is 0 Å². The number of unbranched alkanes of at least 4 members (excludes halogenated alkanes) is 42. The minimum Gasteiger partial charge on any atom is -0.255 e. The zero-order valence-corrected chi connectivity index (χ0v) is 47.9. The number of para-hydroxylation sites is 2. The molecule has 0 saturated heterocycles. The number of rotatable bonds is 49. The maximum atomic E-state index is 4.78. The van der Waals surface area contributed by atoms with Crippen LogP contribution < -0.4 is 0 Å². The molecule has 3 heteroatoms. The Labute approximate surface area is 453 Å². The van der Waals surface area contributed by atoms with Gasteiger partial charge in [0.1, 0.15) is 0 Å². The summed E-state index contributed by atoms with van der Waals surface area (Å²) in [5.41, 5.74) is 4.53. The van der Waals surface area contributed by atoms with Crippen molar-refractivity contribution in [2.24, 2.45) is 9.98 Å². The minimum absolute atomic E-state index is 0. The molecule has 2 aromatic carbocycles. The van der Waals surface area contributed by atoms with Crippen LogP contribution in [0.4, 0.5) is 11.4 Å². The summed E-state index contributed by atoms with van der Waals surface area (Å²) in [6.07, 6.45) is 69.3. The molecule has 2 nitrogen and oxygen atoms in total. The van der Waals surface area contributed by atoms with Crippen LogP contribution in [0.2, 0.25) is 0 Å². The van der Waals surface area contributed by atoms with E-state index in [2.05, 4.69) is 86.1 Å². The van der Waals surface area contributed by atoms with Crippen molar-refractivity contribution < 1.29 is 16.5 Å². The molecule has 0 fully saturated rings. The van der Waals surface area contributed by atoms with Gasteiger partial charge in [-0.3, -0.25) is 9.98 Å². The average molecular weight is 1020 g/mol. The summed E-state index contributed by atoms with van der Waals surface area (Å²) in [5, 5.41) is 0. The first-order valence-corrected chi connectivity index (χ1v) is 31.0. The van der Waals surface area contributed by atoms with Crippen LogP contribution >= 0.6 is 0 Å². The van der Waals surface area contributed by atoms with Gasteiger partial charge in [0.05, 0.1) is 11.4 Å². The third-order valence-corrected chi connectivity index (χ3v) is 14.6. The van der Waals surface area contributed by atoms with Crippen molar-refractivity contribution >= 4 is 23.8 Å². The van der Waals surface area contributed by atoms with Gasteiger partial charge in [-0.25, -0.2) is 0 Å². The minimum atomic E-state index is 0. The maximum absolute atomic E-state index is 4.78. The van der Waals surface area contributed by atoms with Crippen molar-refractivity contribution in [1.29, 1.82) is 0 Å². The van der Waals surface area contributed by atoms with Gasteiger partial charge in [0, 0.05) is 54.6 Å². The predicted molar refractivity (Wildman–Crippen MR) is 316 cm³/mol. The molecule has 0 saturated carbocycles. The van der Waals surface area contributed by atoms with Gasteiger partial charge in [0.2, 0.25) is 0 Å². The molecule has 71 heavy (non-hydrogen) atoms. The van der Waals surface area contributed by atoms with Crippen LogP contribution in [0, 0.1) is 23.7 Å². The zero-order chi connectivity index (χ0) is 49.6. The number of nitrogens with zero attached hydrogens (tertiary/aromatic N) is 2. The van der Waals surface area contributed by atoms with E-state index in [1.54, 1.807) is 0 Å². The summed E-state index contributed by atoms with van der Waals surface area (Å²) >= 11 is 0. The monoisotopic (exact) mass is 1010 g/mol. The molecule has 2 rings (SSSR count). The second kappa shape index (κ2) is 55.2. The Balaban J connectivity index is 0.0000252. The van der Waals surface area contributed by atoms with E-state index >= 15 is 0 Å². The molecular weight excluding hydrogens is 903 g/mol. The molecule has 0 spiro atoms. The van der Waals surface area contributed by atoms with Crippen LogP contribution in [-0.4, -0.2) is 12.4 Å². The SMILES string of the molecule is CCCCCCCCCCCCCCCCCCCCCCCC#CCCc1ccccc1N=CC=Nc1ccccc1CCC#CCCCCCCCCCCCCCCCCCCCCCCC.[Ni]. The molecule has 0 atom stereocenters. The van der Waals surface area contributed by atoms with Crippen molar-refractivity contribution in [2.45, 2.75) is 322 Å². The van der Waals surface area contributed by atoms with E-state index in [-0.39, 0.29) is 16.5 Å². The maximum Gasteiger partial charge on any atom is 0.0662 e. The second-order valence-electron chi connectivity index (χ2n) is 21.2. The van der Waals surface area contributed by atoms with Crippen LogP contribution in [0.5, 0.6) is 0 Å². The Morgan fingerprint density at radius 2 is 0.493 bits per heavy atom. The predicted octanol–water partition coefficient (Wildman–Crippen LogP) is 22.9. The van der Waals surface area contributed by atoms with Gasteiger partial charge < -0.3 is 0 Å². The zero-order valence-electron chi connectivity index (χ0n) is 46.9. The van der Waals surface area contributed by atoms with Gasteiger partial charge in [-0.2, -0.15) is 0 Å². The molecule has 0 amide bonds. The summed E-state index contributed by atoms with van der Waals surface area (Å²) < 4.78 is 0. The first-order valence-electron chi connectivity index (χ1n) is 31.0. The normalized spacial score (nSPS) is 11.2. The largest absolute Gasteiger partial charge is 0.255 e. The molecule has 0 N–H and O–H groups in total. The van der Waals surface area contributed by atoms with Gasteiger partial charge in [0.15, 0.2) is 0 Å². The molecule has 0 aliphatic heterocycles. The fraction of sp³-hybridized carbons (Fsp3) is 0.735. The summed E-state index contributed by atoms with van der Waals surface area (Å²) in [6.45, 7) is 4.61. The van der Waals surface area contributed by atoms with Gasteiger partial charge in [-0.15, -0.1) is 23.7 Å². The fourth-order valence-corrected chi connectivity index (χ4v) is 9.96. The topological polar surface area (TPSA) is 24.7 Å².